The summed E-state index contributed by atoms with van der Waals surface area (Å²) in [5, 5.41) is 3.32. The van der Waals surface area contributed by atoms with Gasteiger partial charge in [-0.05, 0) is 30.7 Å². The van der Waals surface area contributed by atoms with E-state index in [0.29, 0.717) is 0 Å². The van der Waals surface area contributed by atoms with Crippen LogP contribution in [0.25, 0.3) is 0 Å². The molecule has 94 valence electrons. The quantitative estimate of drug-likeness (QED) is 0.754. The third-order valence-corrected chi connectivity index (χ3v) is 2.27. The van der Waals surface area contributed by atoms with Gasteiger partial charge in [0.2, 0.25) is 0 Å². The van der Waals surface area contributed by atoms with Crippen LogP contribution in [0.1, 0.15) is 11.3 Å². The van der Waals surface area contributed by atoms with Crippen LogP contribution in [-0.4, -0.2) is 9.97 Å². The van der Waals surface area contributed by atoms with Crippen LogP contribution in [0.3, 0.4) is 0 Å². The molecule has 1 heterocycles. The fraction of sp³-hybridized carbons (Fsp3) is 0.182. The number of nitrogens with zero attached hydrogens (tertiary/aromatic N) is 1. The summed E-state index contributed by atoms with van der Waals surface area (Å²) < 4.78 is 0. The molecular formula is C11H16Cl2N4. The number of hydrogen-bond donors (Lipinski definition) is 3. The summed E-state index contributed by atoms with van der Waals surface area (Å²) in [5.74, 6) is 0. The summed E-state index contributed by atoms with van der Waals surface area (Å²) in [5.41, 5.74) is 9.77. The number of nitrogens with two attached hydrogens (primary N) is 1. The lowest BCUT2D eigenvalue weighted by Gasteiger charge is -2.08. The van der Waals surface area contributed by atoms with Crippen molar-refractivity contribution >= 4 is 36.2 Å². The molecule has 17 heavy (non-hydrogen) atoms. The van der Waals surface area contributed by atoms with Gasteiger partial charge in [-0.1, -0.05) is 0 Å². The van der Waals surface area contributed by atoms with Crippen LogP contribution in [0, 0.1) is 6.92 Å². The number of imidazole rings is 1. The van der Waals surface area contributed by atoms with E-state index in [0.717, 1.165) is 29.2 Å². The maximum absolute atomic E-state index is 5.67. The number of rotatable bonds is 3. The Morgan fingerprint density at radius 1 is 1.35 bits per heavy atom. The minimum Gasteiger partial charge on any atom is -0.399 e. The number of aromatic amines is 1. The van der Waals surface area contributed by atoms with Gasteiger partial charge in [-0.3, -0.25) is 0 Å². The molecule has 2 aromatic rings. The summed E-state index contributed by atoms with van der Waals surface area (Å²) in [7, 11) is 0. The van der Waals surface area contributed by atoms with Crippen molar-refractivity contribution < 1.29 is 0 Å². The van der Waals surface area contributed by atoms with Crippen molar-refractivity contribution in [3.05, 3.63) is 42.0 Å². The minimum absolute atomic E-state index is 0. The average molecular weight is 275 g/mol. The van der Waals surface area contributed by atoms with Gasteiger partial charge in [-0.25, -0.2) is 4.98 Å². The molecule has 0 spiro atoms. The molecule has 4 N–H and O–H groups in total. The second-order valence-electron chi connectivity index (χ2n) is 3.50. The molecule has 0 aliphatic carbocycles. The van der Waals surface area contributed by atoms with Gasteiger partial charge in [0, 0.05) is 17.6 Å². The number of benzene rings is 1. The molecule has 0 amide bonds. The number of H-pyrrole nitrogens is 1. The summed E-state index contributed by atoms with van der Waals surface area (Å²) in [4.78, 5) is 7.00. The third-order valence-electron chi connectivity index (χ3n) is 2.27. The highest BCUT2D eigenvalue weighted by molar-refractivity contribution is 5.85. The van der Waals surface area contributed by atoms with Gasteiger partial charge >= 0.3 is 0 Å². The van der Waals surface area contributed by atoms with Gasteiger partial charge in [0.25, 0.3) is 0 Å². The fourth-order valence-corrected chi connectivity index (χ4v) is 1.46. The van der Waals surface area contributed by atoms with Crippen molar-refractivity contribution in [2.24, 2.45) is 0 Å². The maximum atomic E-state index is 5.67. The molecular weight excluding hydrogens is 259 g/mol. The maximum Gasteiger partial charge on any atom is 0.0922 e. The van der Waals surface area contributed by atoms with Crippen molar-refractivity contribution in [3.63, 3.8) is 0 Å². The van der Waals surface area contributed by atoms with Gasteiger partial charge in [-0.15, -0.1) is 24.8 Å². The molecule has 0 fully saturated rings. The Morgan fingerprint density at radius 2 is 2.12 bits per heavy atom. The molecule has 0 radical (unpaired) electrons. The normalized spacial score (nSPS) is 9.00. The Hall–Kier alpha value is -1.39. The second kappa shape index (κ2) is 7.04. The first-order valence-electron chi connectivity index (χ1n) is 4.83. The van der Waals surface area contributed by atoms with E-state index in [1.807, 2.05) is 25.1 Å². The van der Waals surface area contributed by atoms with Gasteiger partial charge in [0.1, 0.15) is 0 Å². The van der Waals surface area contributed by atoms with Gasteiger partial charge < -0.3 is 16.0 Å². The molecule has 1 aromatic heterocycles. The van der Waals surface area contributed by atoms with Gasteiger partial charge in [0.15, 0.2) is 0 Å². The molecule has 0 atom stereocenters. The van der Waals surface area contributed by atoms with E-state index in [-0.39, 0.29) is 24.8 Å². The van der Waals surface area contributed by atoms with E-state index in [2.05, 4.69) is 15.3 Å². The lowest BCUT2D eigenvalue weighted by Crippen LogP contribution is -2.01. The van der Waals surface area contributed by atoms with Crippen molar-refractivity contribution in [2.75, 3.05) is 11.1 Å². The van der Waals surface area contributed by atoms with Crippen LogP contribution >= 0.6 is 24.8 Å². The predicted molar refractivity (Wildman–Crippen MR) is 76.0 cm³/mol. The first kappa shape index (κ1) is 15.6. The molecule has 6 heteroatoms. The molecule has 1 aromatic carbocycles. The Balaban J connectivity index is 0.00000128. The third kappa shape index (κ3) is 4.17. The SMILES string of the molecule is Cc1cc(N)ccc1NCc1cnc[nH]1.Cl.Cl. The minimum atomic E-state index is 0. The van der Waals surface area contributed by atoms with E-state index in [1.165, 1.54) is 0 Å². The highest BCUT2D eigenvalue weighted by Crippen LogP contribution is 2.17. The zero-order valence-corrected chi connectivity index (χ0v) is 11.1. The first-order chi connectivity index (χ1) is 7.25. The van der Waals surface area contributed by atoms with Crippen LogP contribution in [0.5, 0.6) is 0 Å². The molecule has 0 aliphatic heterocycles. The Morgan fingerprint density at radius 3 is 2.71 bits per heavy atom. The van der Waals surface area contributed by atoms with Gasteiger partial charge in [-0.2, -0.15) is 0 Å². The Bertz CT molecular complexity index is 443. The highest BCUT2D eigenvalue weighted by atomic mass is 35.5. The van der Waals surface area contributed by atoms with Crippen molar-refractivity contribution in [1.29, 1.82) is 0 Å². The molecule has 0 aliphatic rings. The van der Waals surface area contributed by atoms with Crippen LogP contribution in [-0.2, 0) is 6.54 Å². The molecule has 0 bridgehead atoms. The molecule has 0 saturated heterocycles. The number of nitrogen functional groups attached to an aromatic ring is 1. The van der Waals surface area contributed by atoms with E-state index in [1.54, 1.807) is 12.5 Å². The van der Waals surface area contributed by atoms with Crippen LogP contribution < -0.4 is 11.1 Å². The van der Waals surface area contributed by atoms with Crippen molar-refractivity contribution in [1.82, 2.24) is 9.97 Å². The molecule has 0 saturated carbocycles. The van der Waals surface area contributed by atoms with E-state index >= 15 is 0 Å². The average Bonchev–Trinajstić information content (AvgIpc) is 2.69. The van der Waals surface area contributed by atoms with Gasteiger partial charge in [0.05, 0.1) is 18.6 Å². The topological polar surface area (TPSA) is 66.7 Å². The second-order valence-corrected chi connectivity index (χ2v) is 3.50. The highest BCUT2D eigenvalue weighted by Gasteiger charge is 1.98. The number of anilines is 2. The number of hydrogen-bond acceptors (Lipinski definition) is 3. The number of halogens is 2. The lowest BCUT2D eigenvalue weighted by molar-refractivity contribution is 1.07. The van der Waals surface area contributed by atoms with E-state index < -0.39 is 0 Å². The van der Waals surface area contributed by atoms with E-state index in [9.17, 15) is 0 Å². The summed E-state index contributed by atoms with van der Waals surface area (Å²) in [6.07, 6.45) is 3.48. The monoisotopic (exact) mass is 274 g/mol. The van der Waals surface area contributed by atoms with E-state index in [4.69, 9.17) is 5.73 Å². The fourth-order valence-electron chi connectivity index (χ4n) is 1.46. The number of nitrogens with one attached hydrogen (secondary N) is 2. The van der Waals surface area contributed by atoms with Crippen LogP contribution in [0.2, 0.25) is 0 Å². The predicted octanol–water partition coefficient (Wildman–Crippen LogP) is 2.76. The molecule has 2 rings (SSSR count). The summed E-state index contributed by atoms with van der Waals surface area (Å²) in [6.45, 7) is 2.77. The number of aryl methyl sites for hydroxylation is 1. The molecule has 0 unspecified atom stereocenters. The largest absolute Gasteiger partial charge is 0.399 e. The van der Waals surface area contributed by atoms with Crippen LogP contribution in [0.4, 0.5) is 11.4 Å². The Labute approximate surface area is 113 Å². The zero-order chi connectivity index (χ0) is 10.7. The Kier molecular flexibility index (Phi) is 6.46. The zero-order valence-electron chi connectivity index (χ0n) is 9.43. The lowest BCUT2D eigenvalue weighted by atomic mass is 10.2. The summed E-state index contributed by atoms with van der Waals surface area (Å²) >= 11 is 0. The van der Waals surface area contributed by atoms with Crippen LogP contribution in [0.15, 0.2) is 30.7 Å². The number of aromatic nitrogens is 2. The molecule has 4 nitrogen and oxygen atoms in total. The first-order valence-corrected chi connectivity index (χ1v) is 4.83. The van der Waals surface area contributed by atoms with Crippen molar-refractivity contribution in [2.45, 2.75) is 13.5 Å². The van der Waals surface area contributed by atoms with Crippen molar-refractivity contribution in [3.8, 4) is 0 Å². The summed E-state index contributed by atoms with van der Waals surface area (Å²) in [6, 6.07) is 5.83. The standard InChI is InChI=1S/C11H14N4.2ClH/c1-8-4-9(12)2-3-11(8)14-6-10-5-13-7-15-10;;/h2-5,7,14H,6,12H2,1H3,(H,13,15);2*1H. The smallest absolute Gasteiger partial charge is 0.0922 e.